The molecule has 0 spiro atoms. The van der Waals surface area contributed by atoms with Crippen molar-refractivity contribution >= 4 is 40.5 Å². The molecule has 4 aromatic rings. The number of phenols is 1. The highest BCUT2D eigenvalue weighted by Crippen LogP contribution is 2.41. The number of rotatable bonds is 10. The predicted molar refractivity (Wildman–Crippen MR) is 244 cm³/mol. The maximum absolute atomic E-state index is 14.7. The molecule has 4 atom stereocenters. The van der Waals surface area contributed by atoms with Gasteiger partial charge in [-0.1, -0.05) is 39.8 Å². The average molecular weight is 891 g/mol. The lowest BCUT2D eigenvalue weighted by molar-refractivity contribution is -0.155. The van der Waals surface area contributed by atoms with Crippen LogP contribution >= 0.6 is 0 Å². The van der Waals surface area contributed by atoms with Gasteiger partial charge in [-0.25, -0.2) is 5.43 Å². The van der Waals surface area contributed by atoms with E-state index in [2.05, 4.69) is 58.5 Å². The molecule has 0 aliphatic carbocycles. The van der Waals surface area contributed by atoms with Gasteiger partial charge in [-0.3, -0.25) is 34.0 Å². The molecule has 6 bridgehead atoms. The van der Waals surface area contributed by atoms with Crippen molar-refractivity contribution in [2.45, 2.75) is 97.6 Å². The molecule has 4 amide bonds. The maximum atomic E-state index is 14.7. The zero-order valence-electron chi connectivity index (χ0n) is 38.5. The topological polar surface area (TPSA) is 198 Å². The summed E-state index contributed by atoms with van der Waals surface area (Å²) in [4.78, 5) is 77.0. The fourth-order valence-electron chi connectivity index (χ4n) is 9.81. The van der Waals surface area contributed by atoms with Crippen LogP contribution in [0.2, 0.25) is 0 Å². The lowest BCUT2D eigenvalue weighted by atomic mass is 9.84. The van der Waals surface area contributed by atoms with E-state index in [1.54, 1.807) is 37.4 Å². The van der Waals surface area contributed by atoms with Gasteiger partial charge in [0.2, 0.25) is 17.7 Å². The Labute approximate surface area is 380 Å². The molecule has 4 aliphatic heterocycles. The van der Waals surface area contributed by atoms with E-state index in [0.717, 1.165) is 44.4 Å². The lowest BCUT2D eigenvalue weighted by Crippen LogP contribution is -2.63. The van der Waals surface area contributed by atoms with E-state index in [4.69, 9.17) is 9.47 Å². The number of carbonyl (C=O) groups excluding carboxylic acids is 5. The van der Waals surface area contributed by atoms with E-state index in [-0.39, 0.29) is 62.2 Å². The molecule has 3 fully saturated rings. The van der Waals surface area contributed by atoms with Crippen molar-refractivity contribution in [1.82, 2.24) is 40.4 Å². The smallest absolute Gasteiger partial charge is 0.324 e. The van der Waals surface area contributed by atoms with Gasteiger partial charge < -0.3 is 39.6 Å². The van der Waals surface area contributed by atoms with Crippen LogP contribution < -0.4 is 16.1 Å². The summed E-state index contributed by atoms with van der Waals surface area (Å²) in [7, 11) is 3.26. The van der Waals surface area contributed by atoms with Gasteiger partial charge in [0.1, 0.15) is 23.9 Å². The van der Waals surface area contributed by atoms with Crippen molar-refractivity contribution in [1.29, 1.82) is 0 Å². The molecule has 3 saturated heterocycles. The fourth-order valence-corrected chi connectivity index (χ4v) is 9.81. The number of ether oxygens (including phenoxy) is 2. The van der Waals surface area contributed by atoms with Crippen LogP contribution in [0.3, 0.4) is 0 Å². The van der Waals surface area contributed by atoms with Crippen molar-refractivity contribution < 1.29 is 38.6 Å². The summed E-state index contributed by atoms with van der Waals surface area (Å²) in [5.74, 6) is -2.51. The number of phenolic OH excluding ortho intramolecular Hbond substituents is 1. The quantitative estimate of drug-likeness (QED) is 0.134. The number of likely N-dealkylation sites (N-methyl/N-ethyl adjacent to an activating group) is 1. The molecule has 16 nitrogen and oxygen atoms in total. The minimum atomic E-state index is -1.15. The first-order valence-corrected chi connectivity index (χ1v) is 22.8. The van der Waals surface area contributed by atoms with Crippen molar-refractivity contribution in [3.8, 4) is 28.1 Å². The number of aryl methyl sites for hydroxylation is 1. The molecule has 8 rings (SSSR count). The summed E-state index contributed by atoms with van der Waals surface area (Å²) < 4.78 is 14.0. The predicted octanol–water partition coefficient (Wildman–Crippen LogP) is 3.80. The first kappa shape index (κ1) is 45.7. The van der Waals surface area contributed by atoms with E-state index >= 15 is 0 Å². The number of carbonyl (C=O) groups is 5. The third kappa shape index (κ3) is 9.47. The van der Waals surface area contributed by atoms with Crippen LogP contribution in [0.15, 0.2) is 54.9 Å². The number of aromatic hydroxyl groups is 1. The second-order valence-electron chi connectivity index (χ2n) is 19.2. The standard InChI is InChI=1S/C49H62N8O8/c1-8-56-41-12-11-30-20-35(41)36(43(56)37-22-50-14-13-31(37)26-64-7)21-49(4,5)27-65-48(63)38-10-9-15-57(53-38)47(62)39(18-29-16-32(30)19-34(58)17-29)52-44(59)42(28(2)3)54(6)45(60)33-24-55(25-33)46(61)40-23-51-40/h11-14,16-17,19-20,22,28,33,38-40,42,51,53,58H,8-10,15,18,21,23-27H2,1-7H3,(H,52,59)/t38-,39-,40+,42?/m0/s1. The number of hydrazine groups is 1. The second kappa shape index (κ2) is 18.6. The van der Waals surface area contributed by atoms with Crippen LogP contribution in [0, 0.1) is 17.3 Å². The number of benzene rings is 2. The molecule has 6 heterocycles. The van der Waals surface area contributed by atoms with Crippen molar-refractivity contribution in [3.63, 3.8) is 0 Å². The highest BCUT2D eigenvalue weighted by atomic mass is 16.5. The number of cyclic esters (lactones) is 1. The third-order valence-electron chi connectivity index (χ3n) is 13.2. The Hall–Kier alpha value is -5.84. The first-order valence-electron chi connectivity index (χ1n) is 22.8. The monoisotopic (exact) mass is 890 g/mol. The fraction of sp³-hybridized carbons (Fsp3) is 0.510. The van der Waals surface area contributed by atoms with Gasteiger partial charge >= 0.3 is 5.97 Å². The first-order chi connectivity index (χ1) is 31.1. The summed E-state index contributed by atoms with van der Waals surface area (Å²) in [6.45, 7) is 12.6. The summed E-state index contributed by atoms with van der Waals surface area (Å²) in [6, 6.07) is 10.3. The molecule has 2 aromatic heterocycles. The number of methoxy groups -OCH3 is 1. The maximum Gasteiger partial charge on any atom is 0.324 e. The second-order valence-corrected chi connectivity index (χ2v) is 19.2. The van der Waals surface area contributed by atoms with Gasteiger partial charge in [0.15, 0.2) is 0 Å². The van der Waals surface area contributed by atoms with E-state index < -0.39 is 47.2 Å². The molecule has 2 aromatic carbocycles. The Morgan fingerprint density at radius 1 is 1.09 bits per heavy atom. The number of pyridine rings is 1. The molecule has 346 valence electrons. The van der Waals surface area contributed by atoms with E-state index in [0.29, 0.717) is 44.5 Å². The minimum Gasteiger partial charge on any atom is -0.508 e. The molecule has 16 heteroatoms. The summed E-state index contributed by atoms with van der Waals surface area (Å²) in [5, 5.41) is 19.7. The number of hydrogen-bond donors (Lipinski definition) is 4. The Bertz CT molecular complexity index is 2490. The van der Waals surface area contributed by atoms with E-state index in [1.807, 2.05) is 38.2 Å². The number of fused-ring (bicyclic) bond motifs is 6. The molecule has 1 unspecified atom stereocenters. The SMILES string of the molecule is CCn1c(-c2cnccc2COC)c2c3cc(ccc31)-c1cc(O)cc(c1)C[C@H](NC(=O)C(C(C)C)N(C)C(=O)C1CN(C(=O)[C@H]3CN3)C1)C(=O)N1CCC[C@H](N1)C(=O)OCC(C)(C)C2. The van der Waals surface area contributed by atoms with Gasteiger partial charge in [-0.05, 0) is 90.3 Å². The number of hydrogen-bond acceptors (Lipinski definition) is 11. The van der Waals surface area contributed by atoms with Crippen LogP contribution in [-0.2, 0) is 59.4 Å². The Morgan fingerprint density at radius 2 is 1.86 bits per heavy atom. The van der Waals surface area contributed by atoms with Crippen LogP contribution in [0.4, 0.5) is 0 Å². The molecular weight excluding hydrogens is 829 g/mol. The van der Waals surface area contributed by atoms with Crippen LogP contribution in [-0.4, -0.2) is 130 Å². The molecule has 0 saturated carbocycles. The Kier molecular flexibility index (Phi) is 13.1. The Morgan fingerprint density at radius 3 is 2.57 bits per heavy atom. The van der Waals surface area contributed by atoms with Gasteiger partial charge in [-0.15, -0.1) is 0 Å². The highest BCUT2D eigenvalue weighted by Gasteiger charge is 2.45. The molecule has 4 aliphatic rings. The van der Waals surface area contributed by atoms with Crippen LogP contribution in [0.5, 0.6) is 5.75 Å². The molecular formula is C49H62N8O8. The molecule has 0 radical (unpaired) electrons. The summed E-state index contributed by atoms with van der Waals surface area (Å²) >= 11 is 0. The molecule has 65 heavy (non-hydrogen) atoms. The number of amides is 4. The number of nitrogens with one attached hydrogen (secondary N) is 3. The van der Waals surface area contributed by atoms with Crippen molar-refractivity contribution in [3.05, 3.63) is 71.5 Å². The zero-order chi connectivity index (χ0) is 46.3. The zero-order valence-corrected chi connectivity index (χ0v) is 38.5. The number of likely N-dealkylation sites (tertiary alicyclic amines) is 1. The van der Waals surface area contributed by atoms with Crippen molar-refractivity contribution in [2.75, 3.05) is 46.9 Å². The number of nitrogens with zero attached hydrogens (tertiary/aromatic N) is 5. The van der Waals surface area contributed by atoms with Gasteiger partial charge in [0.05, 0.1) is 30.9 Å². The van der Waals surface area contributed by atoms with Crippen LogP contribution in [0.1, 0.15) is 64.2 Å². The largest absolute Gasteiger partial charge is 0.508 e. The Balaban J connectivity index is 1.17. The van der Waals surface area contributed by atoms with Gasteiger partial charge in [0, 0.05) is 87.6 Å². The summed E-state index contributed by atoms with van der Waals surface area (Å²) in [5.41, 5.74) is 9.76. The van der Waals surface area contributed by atoms with Gasteiger partial charge in [-0.2, -0.15) is 0 Å². The number of esters is 1. The highest BCUT2D eigenvalue weighted by molar-refractivity contribution is 5.96. The van der Waals surface area contributed by atoms with Crippen LogP contribution in [0.25, 0.3) is 33.3 Å². The summed E-state index contributed by atoms with van der Waals surface area (Å²) in [6.07, 6.45) is 5.14. The number of aromatic nitrogens is 2. The molecule has 4 N–H and O–H groups in total. The van der Waals surface area contributed by atoms with E-state index in [9.17, 15) is 29.1 Å². The van der Waals surface area contributed by atoms with Gasteiger partial charge in [0.25, 0.3) is 5.91 Å². The van der Waals surface area contributed by atoms with Crippen molar-refractivity contribution in [2.24, 2.45) is 17.3 Å². The van der Waals surface area contributed by atoms with E-state index in [1.165, 1.54) is 9.91 Å². The lowest BCUT2D eigenvalue weighted by Gasteiger charge is -2.42. The minimum absolute atomic E-state index is 0.00202. The third-order valence-corrected chi connectivity index (χ3v) is 13.2. The average Bonchev–Trinajstić information content (AvgIpc) is 4.07. The normalized spacial score (nSPS) is 21.6.